The number of phenols is 1. The lowest BCUT2D eigenvalue weighted by Gasteiger charge is -2.09. The summed E-state index contributed by atoms with van der Waals surface area (Å²) >= 11 is 0. The Kier molecular flexibility index (Phi) is 3.55. The first-order valence-electron chi connectivity index (χ1n) is 6.62. The molecule has 108 valence electrons. The fourth-order valence-corrected chi connectivity index (χ4v) is 2.18. The molecule has 3 aromatic rings. The van der Waals surface area contributed by atoms with Gasteiger partial charge in [0.05, 0.1) is 5.39 Å². The van der Waals surface area contributed by atoms with Crippen LogP contribution in [0, 0.1) is 12.3 Å². The number of hydrogen-bond donors (Lipinski definition) is 1. The van der Waals surface area contributed by atoms with E-state index in [-0.39, 0.29) is 29.1 Å². The lowest BCUT2D eigenvalue weighted by molar-refractivity contribution is 0.340. The van der Waals surface area contributed by atoms with Crippen molar-refractivity contribution in [1.82, 2.24) is 0 Å². The van der Waals surface area contributed by atoms with Crippen LogP contribution >= 0.6 is 0 Å². The highest BCUT2D eigenvalue weighted by molar-refractivity contribution is 5.86. The fraction of sp³-hybridized carbons (Fsp3) is 0.0556. The second-order valence-electron chi connectivity index (χ2n) is 4.62. The molecule has 0 unspecified atom stereocenters. The zero-order valence-electron chi connectivity index (χ0n) is 11.6. The molecule has 0 fully saturated rings. The first-order chi connectivity index (χ1) is 10.7. The highest BCUT2D eigenvalue weighted by Crippen LogP contribution is 2.35. The van der Waals surface area contributed by atoms with E-state index in [2.05, 4.69) is 5.92 Å². The Morgan fingerprint density at radius 3 is 2.68 bits per heavy atom. The van der Waals surface area contributed by atoms with Crippen LogP contribution in [-0.4, -0.2) is 11.7 Å². The number of benzene rings is 2. The fourth-order valence-electron chi connectivity index (χ4n) is 2.18. The van der Waals surface area contributed by atoms with Gasteiger partial charge < -0.3 is 14.3 Å². The minimum Gasteiger partial charge on any atom is -0.504 e. The van der Waals surface area contributed by atoms with Gasteiger partial charge in [-0.25, -0.2) is 0 Å². The second kappa shape index (κ2) is 5.66. The van der Waals surface area contributed by atoms with Crippen LogP contribution in [0.2, 0.25) is 0 Å². The van der Waals surface area contributed by atoms with Crippen molar-refractivity contribution in [3.8, 4) is 35.2 Å². The molecule has 0 atom stereocenters. The van der Waals surface area contributed by atoms with Gasteiger partial charge in [0.2, 0.25) is 5.75 Å². The number of phenolic OH excluding ortho intramolecular Hbond substituents is 1. The summed E-state index contributed by atoms with van der Waals surface area (Å²) in [6, 6.07) is 13.5. The van der Waals surface area contributed by atoms with Crippen molar-refractivity contribution in [2.24, 2.45) is 0 Å². The lowest BCUT2D eigenvalue weighted by atomic mass is 10.1. The number of aromatic hydroxyl groups is 1. The molecule has 0 aliphatic carbocycles. The summed E-state index contributed by atoms with van der Waals surface area (Å²) in [6.07, 6.45) is 5.17. The van der Waals surface area contributed by atoms with Gasteiger partial charge in [0.1, 0.15) is 12.4 Å². The van der Waals surface area contributed by atoms with Crippen LogP contribution in [0.15, 0.2) is 57.7 Å². The summed E-state index contributed by atoms with van der Waals surface area (Å²) < 4.78 is 11.1. The second-order valence-corrected chi connectivity index (χ2v) is 4.62. The van der Waals surface area contributed by atoms with E-state index in [0.717, 1.165) is 5.56 Å². The molecule has 0 aliphatic rings. The van der Waals surface area contributed by atoms with Gasteiger partial charge in [-0.05, 0) is 12.1 Å². The summed E-state index contributed by atoms with van der Waals surface area (Å²) in [5.41, 5.74) is 0.722. The van der Waals surface area contributed by atoms with Crippen LogP contribution in [0.5, 0.6) is 11.5 Å². The molecule has 0 spiro atoms. The van der Waals surface area contributed by atoms with Crippen LogP contribution in [0.4, 0.5) is 0 Å². The molecule has 1 heterocycles. The van der Waals surface area contributed by atoms with Crippen LogP contribution in [-0.2, 0) is 0 Å². The Bertz CT molecular complexity index is 917. The smallest absolute Gasteiger partial charge is 0.205 e. The zero-order chi connectivity index (χ0) is 15.5. The minimum atomic E-state index is -0.217. The van der Waals surface area contributed by atoms with E-state index in [0.29, 0.717) is 11.1 Å². The SMILES string of the molecule is C#CCOc1c(O)ccc2c(=O)cc(-c3ccccc3)oc12. The molecule has 0 aliphatic heterocycles. The largest absolute Gasteiger partial charge is 0.504 e. The Hall–Kier alpha value is -3.19. The van der Waals surface area contributed by atoms with Gasteiger partial charge in [-0.3, -0.25) is 4.79 Å². The maximum Gasteiger partial charge on any atom is 0.205 e. The van der Waals surface area contributed by atoms with Gasteiger partial charge in [-0.2, -0.15) is 0 Å². The Morgan fingerprint density at radius 2 is 1.95 bits per heavy atom. The third-order valence-corrected chi connectivity index (χ3v) is 3.19. The molecule has 2 aromatic carbocycles. The normalized spacial score (nSPS) is 10.3. The molecule has 4 nitrogen and oxygen atoms in total. The number of rotatable bonds is 3. The summed E-state index contributed by atoms with van der Waals surface area (Å²) in [5, 5.41) is 10.3. The third-order valence-electron chi connectivity index (χ3n) is 3.19. The topological polar surface area (TPSA) is 59.7 Å². The van der Waals surface area contributed by atoms with E-state index in [1.807, 2.05) is 30.3 Å². The minimum absolute atomic E-state index is 0.0358. The number of terminal acetylenes is 1. The zero-order valence-corrected chi connectivity index (χ0v) is 11.6. The first-order valence-corrected chi connectivity index (χ1v) is 6.62. The van der Waals surface area contributed by atoms with Gasteiger partial charge in [0.25, 0.3) is 0 Å². The van der Waals surface area contributed by atoms with Crippen LogP contribution in [0.1, 0.15) is 0 Å². The van der Waals surface area contributed by atoms with Crippen molar-refractivity contribution in [3.05, 3.63) is 58.8 Å². The van der Waals surface area contributed by atoms with Crippen LogP contribution < -0.4 is 10.2 Å². The monoisotopic (exact) mass is 292 g/mol. The predicted octanol–water partition coefficient (Wildman–Crippen LogP) is 3.18. The van der Waals surface area contributed by atoms with Crippen molar-refractivity contribution >= 4 is 11.0 Å². The number of hydrogen-bond acceptors (Lipinski definition) is 4. The van der Waals surface area contributed by atoms with Crippen LogP contribution in [0.25, 0.3) is 22.3 Å². The average molecular weight is 292 g/mol. The van der Waals surface area contributed by atoms with E-state index in [9.17, 15) is 9.90 Å². The predicted molar refractivity (Wildman–Crippen MR) is 83.9 cm³/mol. The molecule has 22 heavy (non-hydrogen) atoms. The van der Waals surface area contributed by atoms with Crippen LogP contribution in [0.3, 0.4) is 0 Å². The highest BCUT2D eigenvalue weighted by atomic mass is 16.5. The van der Waals surface area contributed by atoms with Gasteiger partial charge in [-0.15, -0.1) is 6.42 Å². The van der Waals surface area contributed by atoms with Crippen molar-refractivity contribution in [2.45, 2.75) is 0 Å². The van der Waals surface area contributed by atoms with Crippen molar-refractivity contribution in [1.29, 1.82) is 0 Å². The van der Waals surface area contributed by atoms with Gasteiger partial charge in [0, 0.05) is 11.6 Å². The molecule has 1 aromatic heterocycles. The average Bonchev–Trinajstić information content (AvgIpc) is 2.54. The van der Waals surface area contributed by atoms with E-state index in [1.54, 1.807) is 0 Å². The Balaban J connectivity index is 2.27. The molecule has 0 amide bonds. The molecule has 4 heteroatoms. The molecule has 3 rings (SSSR count). The maximum atomic E-state index is 12.3. The van der Waals surface area contributed by atoms with Crippen molar-refractivity contribution < 1.29 is 14.3 Å². The summed E-state index contributed by atoms with van der Waals surface area (Å²) in [6.45, 7) is -0.0358. The van der Waals surface area contributed by atoms with Gasteiger partial charge in [0.15, 0.2) is 16.8 Å². The molecule has 0 radical (unpaired) electrons. The lowest BCUT2D eigenvalue weighted by Crippen LogP contribution is -2.03. The standard InChI is InChI=1S/C18H12O4/c1-2-10-21-18-14(19)9-8-13-15(20)11-16(22-17(13)18)12-6-4-3-5-7-12/h1,3-9,11,19H,10H2. The third kappa shape index (κ3) is 2.40. The Labute approximate surface area is 126 Å². The summed E-state index contributed by atoms with van der Waals surface area (Å²) in [7, 11) is 0. The van der Waals surface area contributed by atoms with E-state index >= 15 is 0 Å². The van der Waals surface area contributed by atoms with Gasteiger partial charge in [-0.1, -0.05) is 36.3 Å². The van der Waals surface area contributed by atoms with Crippen molar-refractivity contribution in [3.63, 3.8) is 0 Å². The molecular formula is C18H12O4. The molecule has 0 saturated carbocycles. The van der Waals surface area contributed by atoms with E-state index < -0.39 is 0 Å². The molecule has 0 bridgehead atoms. The van der Waals surface area contributed by atoms with E-state index in [1.165, 1.54) is 18.2 Å². The first kappa shape index (κ1) is 13.8. The van der Waals surface area contributed by atoms with Crippen molar-refractivity contribution in [2.75, 3.05) is 6.61 Å². The molecule has 1 N–H and O–H groups in total. The quantitative estimate of drug-likeness (QED) is 0.753. The Morgan fingerprint density at radius 1 is 1.18 bits per heavy atom. The van der Waals surface area contributed by atoms with E-state index in [4.69, 9.17) is 15.6 Å². The highest BCUT2D eigenvalue weighted by Gasteiger charge is 2.15. The molecular weight excluding hydrogens is 280 g/mol. The summed E-state index contributed by atoms with van der Waals surface area (Å²) in [5.74, 6) is 2.66. The number of fused-ring (bicyclic) bond motifs is 1. The summed E-state index contributed by atoms with van der Waals surface area (Å²) in [4.78, 5) is 12.3. The number of ether oxygens (including phenoxy) is 1. The molecule has 0 saturated heterocycles. The maximum absolute atomic E-state index is 12.3. The van der Waals surface area contributed by atoms with Gasteiger partial charge >= 0.3 is 0 Å².